The van der Waals surface area contributed by atoms with Crippen molar-refractivity contribution < 1.29 is 19.0 Å². The Morgan fingerprint density at radius 1 is 1.35 bits per heavy atom. The molecule has 2 heterocycles. The Morgan fingerprint density at radius 2 is 2.10 bits per heavy atom. The fraction of sp³-hybridized carbons (Fsp3) is 0.562. The van der Waals surface area contributed by atoms with Crippen molar-refractivity contribution in [1.82, 2.24) is 0 Å². The molecule has 0 unspecified atom stereocenters. The number of carbonyl (C=O) groups excluding carboxylic acids is 1. The van der Waals surface area contributed by atoms with Gasteiger partial charge in [0, 0.05) is 7.11 Å². The molecule has 20 heavy (non-hydrogen) atoms. The lowest BCUT2D eigenvalue weighted by Gasteiger charge is -2.30. The fourth-order valence-corrected chi connectivity index (χ4v) is 2.98. The largest absolute Gasteiger partial charge is 0.481 e. The molecule has 0 bridgehead atoms. The first-order valence-electron chi connectivity index (χ1n) is 7.07. The monoisotopic (exact) mass is 276 g/mol. The van der Waals surface area contributed by atoms with Crippen LogP contribution in [0.15, 0.2) is 12.1 Å². The van der Waals surface area contributed by atoms with Crippen LogP contribution in [0.1, 0.15) is 48.5 Å². The van der Waals surface area contributed by atoms with Gasteiger partial charge in [-0.2, -0.15) is 0 Å². The van der Waals surface area contributed by atoms with Gasteiger partial charge in [0.15, 0.2) is 12.4 Å². The first-order chi connectivity index (χ1) is 9.52. The van der Waals surface area contributed by atoms with Crippen molar-refractivity contribution in [2.45, 2.75) is 45.7 Å². The van der Waals surface area contributed by atoms with E-state index in [9.17, 15) is 4.79 Å². The Bertz CT molecular complexity index is 550. The highest BCUT2D eigenvalue weighted by atomic mass is 16.7. The Balaban J connectivity index is 2.10. The third-order valence-electron chi connectivity index (χ3n) is 3.97. The molecule has 4 heteroatoms. The second-order valence-corrected chi connectivity index (χ2v) is 5.88. The van der Waals surface area contributed by atoms with Crippen LogP contribution in [0.5, 0.6) is 5.75 Å². The Kier molecular flexibility index (Phi) is 3.30. The minimum absolute atomic E-state index is 0.0614. The standard InChI is InChI=1S/C16H20O4/c1-8(2)14-13(17)11-6-5-10-7-9(3)19-16(18-4)12(10)15(11)20-14/h5-6,8-9,14,16H,7H2,1-4H3/t9-,14-,16+/m1/s1. The normalized spacial score (nSPS) is 28.2. The summed E-state index contributed by atoms with van der Waals surface area (Å²) in [4.78, 5) is 12.4. The summed E-state index contributed by atoms with van der Waals surface area (Å²) in [5, 5.41) is 0. The lowest BCUT2D eigenvalue weighted by molar-refractivity contribution is -0.164. The zero-order valence-corrected chi connectivity index (χ0v) is 12.3. The predicted molar refractivity (Wildman–Crippen MR) is 74.0 cm³/mol. The molecule has 0 saturated carbocycles. The van der Waals surface area contributed by atoms with E-state index < -0.39 is 12.4 Å². The van der Waals surface area contributed by atoms with Crippen molar-refractivity contribution in [2.75, 3.05) is 7.11 Å². The van der Waals surface area contributed by atoms with Crippen molar-refractivity contribution in [3.63, 3.8) is 0 Å². The summed E-state index contributed by atoms with van der Waals surface area (Å²) >= 11 is 0. The van der Waals surface area contributed by atoms with Crippen molar-refractivity contribution in [2.24, 2.45) is 5.92 Å². The Hall–Kier alpha value is -1.39. The highest BCUT2D eigenvalue weighted by Crippen LogP contribution is 2.43. The van der Waals surface area contributed by atoms with Crippen LogP contribution < -0.4 is 4.74 Å². The molecule has 0 aliphatic carbocycles. The first-order valence-corrected chi connectivity index (χ1v) is 7.07. The molecule has 3 atom stereocenters. The molecular formula is C16H20O4. The van der Waals surface area contributed by atoms with E-state index in [-0.39, 0.29) is 17.8 Å². The lowest BCUT2D eigenvalue weighted by Crippen LogP contribution is -2.27. The number of hydrogen-bond donors (Lipinski definition) is 0. The van der Waals surface area contributed by atoms with E-state index in [4.69, 9.17) is 14.2 Å². The highest BCUT2D eigenvalue weighted by Gasteiger charge is 2.40. The molecule has 0 radical (unpaired) electrons. The van der Waals surface area contributed by atoms with Crippen molar-refractivity contribution in [1.29, 1.82) is 0 Å². The number of methoxy groups -OCH3 is 1. The zero-order valence-electron chi connectivity index (χ0n) is 12.3. The lowest BCUT2D eigenvalue weighted by atomic mass is 9.93. The zero-order chi connectivity index (χ0) is 14.4. The van der Waals surface area contributed by atoms with Gasteiger partial charge in [0.05, 0.1) is 17.2 Å². The third kappa shape index (κ3) is 1.95. The SMILES string of the molecule is CO[C@H]1O[C@H](C)Cc2ccc3c(c21)O[C@H](C(C)C)C3=O. The van der Waals surface area contributed by atoms with Crippen LogP contribution in [0.4, 0.5) is 0 Å². The van der Waals surface area contributed by atoms with Gasteiger partial charge < -0.3 is 14.2 Å². The van der Waals surface area contributed by atoms with E-state index in [1.165, 1.54) is 0 Å². The maximum Gasteiger partial charge on any atom is 0.207 e. The minimum Gasteiger partial charge on any atom is -0.481 e. The molecule has 2 aliphatic rings. The van der Waals surface area contributed by atoms with Gasteiger partial charge in [-0.15, -0.1) is 0 Å². The van der Waals surface area contributed by atoms with E-state index in [2.05, 4.69) is 0 Å². The molecule has 0 saturated heterocycles. The van der Waals surface area contributed by atoms with E-state index >= 15 is 0 Å². The minimum atomic E-state index is -0.456. The van der Waals surface area contributed by atoms with Gasteiger partial charge in [-0.25, -0.2) is 0 Å². The van der Waals surface area contributed by atoms with Crippen LogP contribution in [-0.2, 0) is 15.9 Å². The number of Topliss-reactive ketones (excluding diaryl/α,β-unsaturated/α-hetero) is 1. The third-order valence-corrected chi connectivity index (χ3v) is 3.97. The average molecular weight is 276 g/mol. The number of ether oxygens (including phenoxy) is 3. The smallest absolute Gasteiger partial charge is 0.207 e. The molecule has 3 rings (SSSR count). The summed E-state index contributed by atoms with van der Waals surface area (Å²) in [7, 11) is 1.61. The van der Waals surface area contributed by atoms with Crippen LogP contribution in [0, 0.1) is 5.92 Å². The molecule has 0 fully saturated rings. The summed E-state index contributed by atoms with van der Waals surface area (Å²) in [6.07, 6.45) is 0.0612. The predicted octanol–water partition coefficient (Wildman–Crippen LogP) is 2.89. The summed E-state index contributed by atoms with van der Waals surface area (Å²) < 4.78 is 17.2. The van der Waals surface area contributed by atoms with E-state index in [0.717, 1.165) is 17.5 Å². The molecular weight excluding hydrogens is 256 g/mol. The van der Waals surface area contributed by atoms with E-state index in [1.807, 2.05) is 32.9 Å². The molecule has 4 nitrogen and oxygen atoms in total. The topological polar surface area (TPSA) is 44.8 Å². The number of rotatable bonds is 2. The van der Waals surface area contributed by atoms with Crippen molar-refractivity contribution in [3.05, 3.63) is 28.8 Å². The van der Waals surface area contributed by atoms with Crippen LogP contribution in [0.3, 0.4) is 0 Å². The van der Waals surface area contributed by atoms with Crippen molar-refractivity contribution >= 4 is 5.78 Å². The highest BCUT2D eigenvalue weighted by molar-refractivity contribution is 6.05. The second-order valence-electron chi connectivity index (χ2n) is 5.88. The van der Waals surface area contributed by atoms with Crippen LogP contribution in [-0.4, -0.2) is 25.1 Å². The molecule has 2 aliphatic heterocycles. The molecule has 0 amide bonds. The maximum absolute atomic E-state index is 12.4. The van der Waals surface area contributed by atoms with Crippen LogP contribution >= 0.6 is 0 Å². The number of fused-ring (bicyclic) bond motifs is 3. The Labute approximate surface area is 119 Å². The van der Waals surface area contributed by atoms with Crippen LogP contribution in [0.25, 0.3) is 0 Å². The van der Waals surface area contributed by atoms with Crippen molar-refractivity contribution in [3.8, 4) is 5.75 Å². The van der Waals surface area contributed by atoms with Gasteiger partial charge >= 0.3 is 0 Å². The number of hydrogen-bond acceptors (Lipinski definition) is 4. The summed E-state index contributed by atoms with van der Waals surface area (Å²) in [6.45, 7) is 6.01. The maximum atomic E-state index is 12.4. The van der Waals surface area contributed by atoms with E-state index in [0.29, 0.717) is 11.3 Å². The quantitative estimate of drug-likeness (QED) is 0.833. The van der Waals surface area contributed by atoms with Gasteiger partial charge in [0.25, 0.3) is 0 Å². The van der Waals surface area contributed by atoms with E-state index in [1.54, 1.807) is 7.11 Å². The summed E-state index contributed by atoms with van der Waals surface area (Å²) in [6, 6.07) is 3.88. The molecule has 0 N–H and O–H groups in total. The molecule has 1 aromatic rings. The van der Waals surface area contributed by atoms with Gasteiger partial charge in [0.1, 0.15) is 5.75 Å². The summed E-state index contributed by atoms with van der Waals surface area (Å²) in [5.74, 6) is 0.867. The molecule has 0 spiro atoms. The van der Waals surface area contributed by atoms with Gasteiger partial charge in [-0.3, -0.25) is 4.79 Å². The fourth-order valence-electron chi connectivity index (χ4n) is 2.98. The Morgan fingerprint density at radius 3 is 2.75 bits per heavy atom. The first kappa shape index (κ1) is 13.6. The average Bonchev–Trinajstić information content (AvgIpc) is 2.75. The second kappa shape index (κ2) is 4.86. The molecule has 108 valence electrons. The summed E-state index contributed by atoms with van der Waals surface area (Å²) in [5.41, 5.74) is 2.69. The molecule has 1 aromatic carbocycles. The number of ketones is 1. The van der Waals surface area contributed by atoms with Crippen LogP contribution in [0.2, 0.25) is 0 Å². The molecule has 0 aromatic heterocycles. The number of benzene rings is 1. The van der Waals surface area contributed by atoms with Gasteiger partial charge in [-0.1, -0.05) is 19.9 Å². The van der Waals surface area contributed by atoms with Gasteiger partial charge in [-0.05, 0) is 30.9 Å². The number of carbonyl (C=O) groups is 1. The van der Waals surface area contributed by atoms with Gasteiger partial charge in [0.2, 0.25) is 5.78 Å².